The van der Waals surface area contributed by atoms with E-state index in [0.717, 1.165) is 0 Å². The molecule has 1 aliphatic rings. The summed E-state index contributed by atoms with van der Waals surface area (Å²) in [7, 11) is 1.37. The lowest BCUT2D eigenvalue weighted by molar-refractivity contribution is -0.117. The average molecular weight is 406 g/mol. The maximum Gasteiger partial charge on any atom is 0.232 e. The molecule has 0 aliphatic carbocycles. The summed E-state index contributed by atoms with van der Waals surface area (Å²) in [4.78, 5) is 18.2. The number of amides is 1. The molecule has 6 nitrogen and oxygen atoms in total. The van der Waals surface area contributed by atoms with E-state index in [4.69, 9.17) is 20.9 Å². The van der Waals surface area contributed by atoms with Gasteiger partial charge in [0.05, 0.1) is 18.1 Å². The summed E-state index contributed by atoms with van der Waals surface area (Å²) in [5.41, 5.74) is 0.927. The predicted molar refractivity (Wildman–Crippen MR) is 97.4 cm³/mol. The number of halogens is 3. The third kappa shape index (κ3) is 3.31. The molecule has 4 rings (SSSR count). The molecule has 2 aromatic carbocycles. The number of rotatable bonds is 4. The van der Waals surface area contributed by atoms with Gasteiger partial charge in [-0.1, -0.05) is 16.8 Å². The number of carbonyl (C=O) groups is 1. The van der Waals surface area contributed by atoms with E-state index < -0.39 is 11.6 Å². The molecule has 0 radical (unpaired) electrons. The molecule has 144 valence electrons. The van der Waals surface area contributed by atoms with Gasteiger partial charge < -0.3 is 14.2 Å². The second kappa shape index (κ2) is 7.20. The van der Waals surface area contributed by atoms with Gasteiger partial charge in [0.2, 0.25) is 17.6 Å². The second-order valence-corrected chi connectivity index (χ2v) is 6.72. The highest BCUT2D eigenvalue weighted by molar-refractivity contribution is 6.31. The fourth-order valence-electron chi connectivity index (χ4n) is 3.10. The Morgan fingerprint density at radius 1 is 1.21 bits per heavy atom. The van der Waals surface area contributed by atoms with Crippen LogP contribution in [-0.2, 0) is 4.79 Å². The van der Waals surface area contributed by atoms with Crippen molar-refractivity contribution < 1.29 is 22.8 Å². The first-order chi connectivity index (χ1) is 13.5. The fraction of sp³-hybridized carbons (Fsp3) is 0.211. The molecule has 0 spiro atoms. The maximum absolute atomic E-state index is 14.0. The number of ether oxygens (including phenoxy) is 1. The lowest BCUT2D eigenvalue weighted by Gasteiger charge is -2.16. The van der Waals surface area contributed by atoms with Crippen molar-refractivity contribution in [2.45, 2.75) is 12.3 Å². The van der Waals surface area contributed by atoms with Crippen LogP contribution in [0.25, 0.3) is 11.4 Å². The summed E-state index contributed by atoms with van der Waals surface area (Å²) >= 11 is 5.79. The summed E-state index contributed by atoms with van der Waals surface area (Å²) in [6.45, 7) is 0.274. The van der Waals surface area contributed by atoms with Crippen molar-refractivity contribution in [3.63, 3.8) is 0 Å². The number of hydrogen-bond donors (Lipinski definition) is 0. The Morgan fingerprint density at radius 3 is 2.75 bits per heavy atom. The molecule has 1 atom stereocenters. The highest BCUT2D eigenvalue weighted by Crippen LogP contribution is 2.34. The van der Waals surface area contributed by atoms with E-state index in [1.54, 1.807) is 6.07 Å². The number of aromatic nitrogens is 2. The van der Waals surface area contributed by atoms with Gasteiger partial charge in [0.15, 0.2) is 11.6 Å². The minimum Gasteiger partial charge on any atom is -0.494 e. The monoisotopic (exact) mass is 405 g/mol. The molecule has 28 heavy (non-hydrogen) atoms. The van der Waals surface area contributed by atoms with E-state index in [0.29, 0.717) is 11.3 Å². The summed E-state index contributed by atoms with van der Waals surface area (Å²) in [6.07, 6.45) is 0.152. The smallest absolute Gasteiger partial charge is 0.232 e. The van der Waals surface area contributed by atoms with Crippen LogP contribution in [0.1, 0.15) is 18.2 Å². The van der Waals surface area contributed by atoms with E-state index in [9.17, 15) is 13.6 Å². The quantitative estimate of drug-likeness (QED) is 0.650. The number of methoxy groups -OCH3 is 1. The van der Waals surface area contributed by atoms with Crippen molar-refractivity contribution in [2.75, 3.05) is 18.6 Å². The first kappa shape index (κ1) is 18.4. The lowest BCUT2D eigenvalue weighted by atomic mass is 10.1. The van der Waals surface area contributed by atoms with Crippen LogP contribution >= 0.6 is 11.6 Å². The van der Waals surface area contributed by atoms with E-state index in [1.165, 1.54) is 42.3 Å². The molecule has 1 amide bonds. The molecule has 1 saturated heterocycles. The third-order valence-corrected chi connectivity index (χ3v) is 4.83. The molecule has 2 heterocycles. The zero-order chi connectivity index (χ0) is 19.8. The van der Waals surface area contributed by atoms with Crippen molar-refractivity contribution >= 4 is 23.2 Å². The first-order valence-electron chi connectivity index (χ1n) is 8.39. The van der Waals surface area contributed by atoms with Crippen LogP contribution in [0.15, 0.2) is 40.9 Å². The predicted octanol–water partition coefficient (Wildman–Crippen LogP) is 4.20. The number of carbonyl (C=O) groups excluding carboxylic acids is 1. The summed E-state index contributed by atoms with van der Waals surface area (Å²) in [6, 6.07) is 8.43. The Labute approximate surface area is 163 Å². The van der Waals surface area contributed by atoms with Gasteiger partial charge in [0, 0.05) is 30.3 Å². The fourth-order valence-corrected chi connectivity index (χ4v) is 3.28. The van der Waals surface area contributed by atoms with Gasteiger partial charge in [-0.15, -0.1) is 0 Å². The molecule has 0 bridgehead atoms. The topological polar surface area (TPSA) is 68.5 Å². The highest BCUT2D eigenvalue weighted by Gasteiger charge is 2.35. The number of hydrogen-bond acceptors (Lipinski definition) is 5. The number of anilines is 1. The highest BCUT2D eigenvalue weighted by atomic mass is 35.5. The SMILES string of the molecule is COc1ccc(N2CC(c3nc(-c4ccc(F)c(Cl)c4)no3)CC2=O)cc1F. The standard InChI is InChI=1S/C19H14ClF2N3O3/c1-27-16-5-3-12(8-15(16)22)25-9-11(7-17(25)26)19-23-18(24-28-19)10-2-4-14(21)13(20)6-10/h2-6,8,11H,7,9H2,1H3. The molecule has 9 heteroatoms. The van der Waals surface area contributed by atoms with Crippen molar-refractivity contribution in [1.82, 2.24) is 10.1 Å². The molecule has 1 unspecified atom stereocenters. The van der Waals surface area contributed by atoms with Gasteiger partial charge in [-0.25, -0.2) is 8.78 Å². The second-order valence-electron chi connectivity index (χ2n) is 6.31. The molecule has 1 aromatic heterocycles. The Bertz CT molecular complexity index is 1060. The summed E-state index contributed by atoms with van der Waals surface area (Å²) < 4.78 is 37.5. The molecule has 1 fully saturated rings. The molecular formula is C19H14ClF2N3O3. The largest absolute Gasteiger partial charge is 0.494 e. The van der Waals surface area contributed by atoms with Gasteiger partial charge in [-0.05, 0) is 30.3 Å². The van der Waals surface area contributed by atoms with Crippen LogP contribution in [0.4, 0.5) is 14.5 Å². The molecule has 1 aliphatic heterocycles. The van der Waals surface area contributed by atoms with E-state index in [-0.39, 0.29) is 47.3 Å². The summed E-state index contributed by atoms with van der Waals surface area (Å²) in [5, 5.41) is 3.84. The Hall–Kier alpha value is -3.00. The van der Waals surface area contributed by atoms with Crippen molar-refractivity contribution in [1.29, 1.82) is 0 Å². The number of nitrogens with zero attached hydrogens (tertiary/aromatic N) is 3. The van der Waals surface area contributed by atoms with Gasteiger partial charge in [-0.2, -0.15) is 4.98 Å². The van der Waals surface area contributed by atoms with Crippen LogP contribution in [0.5, 0.6) is 5.75 Å². The van der Waals surface area contributed by atoms with Crippen molar-refractivity contribution in [2.24, 2.45) is 0 Å². The molecule has 0 saturated carbocycles. The van der Waals surface area contributed by atoms with Crippen LogP contribution in [0, 0.1) is 11.6 Å². The molecular weight excluding hydrogens is 392 g/mol. The lowest BCUT2D eigenvalue weighted by Crippen LogP contribution is -2.24. The van der Waals surface area contributed by atoms with Crippen molar-refractivity contribution in [3.8, 4) is 17.1 Å². The first-order valence-corrected chi connectivity index (χ1v) is 8.77. The zero-order valence-electron chi connectivity index (χ0n) is 14.7. The molecule has 0 N–H and O–H groups in total. The zero-order valence-corrected chi connectivity index (χ0v) is 15.4. The molecule has 3 aromatic rings. The van der Waals surface area contributed by atoms with Crippen LogP contribution in [0.2, 0.25) is 5.02 Å². The van der Waals surface area contributed by atoms with E-state index in [1.807, 2.05) is 0 Å². The Kier molecular flexibility index (Phi) is 4.72. The number of benzene rings is 2. The Morgan fingerprint density at radius 2 is 2.04 bits per heavy atom. The normalized spacial score (nSPS) is 16.6. The van der Waals surface area contributed by atoms with Gasteiger partial charge in [0.1, 0.15) is 5.82 Å². The Balaban J connectivity index is 1.55. The summed E-state index contributed by atoms with van der Waals surface area (Å²) in [5.74, 6) is -0.985. The van der Waals surface area contributed by atoms with E-state index >= 15 is 0 Å². The van der Waals surface area contributed by atoms with Crippen LogP contribution < -0.4 is 9.64 Å². The van der Waals surface area contributed by atoms with Crippen LogP contribution in [0.3, 0.4) is 0 Å². The third-order valence-electron chi connectivity index (χ3n) is 4.54. The van der Waals surface area contributed by atoms with E-state index in [2.05, 4.69) is 10.1 Å². The van der Waals surface area contributed by atoms with Crippen LogP contribution in [-0.4, -0.2) is 29.7 Å². The van der Waals surface area contributed by atoms with Gasteiger partial charge >= 0.3 is 0 Å². The van der Waals surface area contributed by atoms with Gasteiger partial charge in [-0.3, -0.25) is 4.79 Å². The average Bonchev–Trinajstić information content (AvgIpc) is 3.31. The maximum atomic E-state index is 14.0. The van der Waals surface area contributed by atoms with Gasteiger partial charge in [0.25, 0.3) is 0 Å². The minimum absolute atomic E-state index is 0.0485. The minimum atomic E-state index is -0.551. The van der Waals surface area contributed by atoms with Crippen molar-refractivity contribution in [3.05, 3.63) is 58.9 Å².